The van der Waals surface area contributed by atoms with Gasteiger partial charge in [0.1, 0.15) is 0 Å². The standard InChI is InChI=1S/C13H18N2O2S/c1-11-4-6-13(7-5-11)18(16,17)15-10-12-3-2-8-14-9-12/h2-3,8-9,13,15H,1,4-7,10H2. The van der Waals surface area contributed by atoms with E-state index in [2.05, 4.69) is 16.3 Å². The Balaban J connectivity index is 1.93. The van der Waals surface area contributed by atoms with Crippen molar-refractivity contribution in [3.63, 3.8) is 0 Å². The van der Waals surface area contributed by atoms with Gasteiger partial charge in [0, 0.05) is 18.9 Å². The third kappa shape index (κ3) is 3.40. The number of hydrogen-bond acceptors (Lipinski definition) is 3. The lowest BCUT2D eigenvalue weighted by Gasteiger charge is -2.23. The van der Waals surface area contributed by atoms with Gasteiger partial charge in [0.05, 0.1) is 5.25 Å². The van der Waals surface area contributed by atoms with E-state index in [4.69, 9.17) is 0 Å². The maximum absolute atomic E-state index is 12.1. The van der Waals surface area contributed by atoms with Crippen molar-refractivity contribution in [3.8, 4) is 0 Å². The summed E-state index contributed by atoms with van der Waals surface area (Å²) in [5.74, 6) is 0. The van der Waals surface area contributed by atoms with Crippen LogP contribution in [-0.2, 0) is 16.6 Å². The van der Waals surface area contributed by atoms with Crippen molar-refractivity contribution in [2.75, 3.05) is 0 Å². The van der Waals surface area contributed by atoms with Crippen LogP contribution in [0.25, 0.3) is 0 Å². The lowest BCUT2D eigenvalue weighted by molar-refractivity contribution is 0.526. The molecule has 0 aliphatic heterocycles. The maximum Gasteiger partial charge on any atom is 0.214 e. The highest BCUT2D eigenvalue weighted by Crippen LogP contribution is 2.26. The first-order chi connectivity index (χ1) is 8.58. The molecular formula is C13H18N2O2S. The summed E-state index contributed by atoms with van der Waals surface area (Å²) in [4.78, 5) is 3.96. The van der Waals surface area contributed by atoms with Gasteiger partial charge >= 0.3 is 0 Å². The van der Waals surface area contributed by atoms with E-state index in [1.165, 1.54) is 0 Å². The zero-order valence-electron chi connectivity index (χ0n) is 10.3. The topological polar surface area (TPSA) is 59.1 Å². The molecule has 2 rings (SSSR count). The van der Waals surface area contributed by atoms with Crippen molar-refractivity contribution >= 4 is 10.0 Å². The normalized spacial score (nSPS) is 17.9. The van der Waals surface area contributed by atoms with E-state index < -0.39 is 10.0 Å². The lowest BCUT2D eigenvalue weighted by Crippen LogP contribution is -2.35. The highest BCUT2D eigenvalue weighted by atomic mass is 32.2. The second-order valence-corrected chi connectivity index (χ2v) is 6.72. The third-order valence-corrected chi connectivity index (χ3v) is 5.17. The van der Waals surface area contributed by atoms with Crippen LogP contribution in [0.15, 0.2) is 36.7 Å². The van der Waals surface area contributed by atoms with E-state index in [0.29, 0.717) is 19.4 Å². The molecule has 0 radical (unpaired) electrons. The molecule has 18 heavy (non-hydrogen) atoms. The van der Waals surface area contributed by atoms with Crippen LogP contribution in [0.1, 0.15) is 31.2 Å². The molecule has 0 spiro atoms. The number of allylic oxidation sites excluding steroid dienone is 1. The quantitative estimate of drug-likeness (QED) is 0.848. The maximum atomic E-state index is 12.1. The predicted octanol–water partition coefficient (Wildman–Crippen LogP) is 2.00. The zero-order chi connectivity index (χ0) is 13.0. The number of nitrogens with one attached hydrogen (secondary N) is 1. The van der Waals surface area contributed by atoms with Crippen LogP contribution in [-0.4, -0.2) is 18.7 Å². The fraction of sp³-hybridized carbons (Fsp3) is 0.462. The molecule has 0 amide bonds. The largest absolute Gasteiger partial charge is 0.264 e. The molecule has 1 saturated carbocycles. The average Bonchev–Trinajstić information content (AvgIpc) is 2.38. The molecule has 4 nitrogen and oxygen atoms in total. The van der Waals surface area contributed by atoms with Crippen molar-refractivity contribution in [3.05, 3.63) is 42.2 Å². The molecule has 5 heteroatoms. The second-order valence-electron chi connectivity index (χ2n) is 4.68. The molecule has 0 aromatic carbocycles. The minimum Gasteiger partial charge on any atom is -0.264 e. The number of nitrogens with zero attached hydrogens (tertiary/aromatic N) is 1. The minimum atomic E-state index is -3.22. The van der Waals surface area contributed by atoms with Crippen LogP contribution in [0.2, 0.25) is 0 Å². The smallest absolute Gasteiger partial charge is 0.214 e. The summed E-state index contributed by atoms with van der Waals surface area (Å²) in [5.41, 5.74) is 2.04. The van der Waals surface area contributed by atoms with E-state index in [9.17, 15) is 8.42 Å². The van der Waals surface area contributed by atoms with Crippen LogP contribution >= 0.6 is 0 Å². The summed E-state index contributed by atoms with van der Waals surface area (Å²) >= 11 is 0. The minimum absolute atomic E-state index is 0.278. The Hall–Kier alpha value is -1.20. The summed E-state index contributed by atoms with van der Waals surface area (Å²) in [6.07, 6.45) is 6.34. The van der Waals surface area contributed by atoms with Crippen LogP contribution < -0.4 is 4.72 Å². The first kappa shape index (κ1) is 13.2. The van der Waals surface area contributed by atoms with E-state index >= 15 is 0 Å². The Kier molecular flexibility index (Phi) is 4.14. The summed E-state index contributed by atoms with van der Waals surface area (Å²) < 4.78 is 26.9. The van der Waals surface area contributed by atoms with Gasteiger partial charge in [-0.25, -0.2) is 13.1 Å². The molecule has 0 bridgehead atoms. The Labute approximate surface area is 108 Å². The summed E-state index contributed by atoms with van der Waals surface area (Å²) in [5, 5.41) is -0.278. The molecule has 1 aromatic heterocycles. The number of aromatic nitrogens is 1. The molecular weight excluding hydrogens is 248 g/mol. The van der Waals surface area contributed by atoms with E-state index in [1.54, 1.807) is 18.5 Å². The van der Waals surface area contributed by atoms with E-state index in [1.807, 2.05) is 6.07 Å². The first-order valence-corrected chi connectivity index (χ1v) is 7.66. The molecule has 0 unspecified atom stereocenters. The van der Waals surface area contributed by atoms with Crippen LogP contribution in [0.3, 0.4) is 0 Å². The summed E-state index contributed by atoms with van der Waals surface area (Å²) in [6, 6.07) is 3.66. The lowest BCUT2D eigenvalue weighted by atomic mass is 9.96. The fourth-order valence-corrected chi connectivity index (χ4v) is 3.57. The van der Waals surface area contributed by atoms with Gasteiger partial charge < -0.3 is 0 Å². The van der Waals surface area contributed by atoms with Gasteiger partial charge in [-0.05, 0) is 37.3 Å². The first-order valence-electron chi connectivity index (χ1n) is 6.12. The van der Waals surface area contributed by atoms with Crippen molar-refractivity contribution in [1.82, 2.24) is 9.71 Å². The van der Waals surface area contributed by atoms with E-state index in [-0.39, 0.29) is 5.25 Å². The highest BCUT2D eigenvalue weighted by Gasteiger charge is 2.27. The SMILES string of the molecule is C=C1CCC(S(=O)(=O)NCc2cccnc2)CC1. The average molecular weight is 266 g/mol. The Morgan fingerprint density at radius 3 is 2.72 bits per heavy atom. The van der Waals surface area contributed by atoms with Gasteiger partial charge in [-0.2, -0.15) is 0 Å². The number of pyridine rings is 1. The number of sulfonamides is 1. The van der Waals surface area contributed by atoms with Gasteiger partial charge in [0.15, 0.2) is 0 Å². The van der Waals surface area contributed by atoms with Crippen molar-refractivity contribution in [2.45, 2.75) is 37.5 Å². The monoisotopic (exact) mass is 266 g/mol. The van der Waals surface area contributed by atoms with Crippen LogP contribution in [0.5, 0.6) is 0 Å². The molecule has 1 aliphatic rings. The van der Waals surface area contributed by atoms with E-state index in [0.717, 1.165) is 24.0 Å². The second kappa shape index (κ2) is 5.63. The molecule has 0 saturated heterocycles. The molecule has 1 aromatic rings. The van der Waals surface area contributed by atoms with Crippen molar-refractivity contribution in [1.29, 1.82) is 0 Å². The molecule has 0 atom stereocenters. The molecule has 1 N–H and O–H groups in total. The zero-order valence-corrected chi connectivity index (χ0v) is 11.1. The molecule has 1 heterocycles. The Morgan fingerprint density at radius 1 is 1.39 bits per heavy atom. The molecule has 98 valence electrons. The predicted molar refractivity (Wildman–Crippen MR) is 71.4 cm³/mol. The van der Waals surface area contributed by atoms with Gasteiger partial charge in [-0.1, -0.05) is 18.2 Å². The van der Waals surface area contributed by atoms with Crippen molar-refractivity contribution < 1.29 is 8.42 Å². The van der Waals surface area contributed by atoms with Gasteiger partial charge in [0.2, 0.25) is 10.0 Å². The van der Waals surface area contributed by atoms with Gasteiger partial charge in [0.25, 0.3) is 0 Å². The summed E-state index contributed by atoms with van der Waals surface area (Å²) in [7, 11) is -3.22. The Morgan fingerprint density at radius 2 is 2.11 bits per heavy atom. The highest BCUT2D eigenvalue weighted by molar-refractivity contribution is 7.90. The Bertz CT molecular complexity index is 501. The fourth-order valence-electron chi connectivity index (χ4n) is 2.11. The molecule has 1 aliphatic carbocycles. The summed E-state index contributed by atoms with van der Waals surface area (Å²) in [6.45, 7) is 4.21. The van der Waals surface area contributed by atoms with Crippen LogP contribution in [0.4, 0.5) is 0 Å². The van der Waals surface area contributed by atoms with Crippen LogP contribution in [0, 0.1) is 0 Å². The third-order valence-electron chi connectivity index (χ3n) is 3.28. The molecule has 1 fully saturated rings. The van der Waals surface area contributed by atoms with Crippen molar-refractivity contribution in [2.24, 2.45) is 0 Å². The number of hydrogen-bond donors (Lipinski definition) is 1. The van der Waals surface area contributed by atoms with Gasteiger partial charge in [-0.3, -0.25) is 4.98 Å². The number of rotatable bonds is 4. The van der Waals surface area contributed by atoms with Gasteiger partial charge in [-0.15, -0.1) is 0 Å².